The van der Waals surface area contributed by atoms with Crippen LogP contribution in [0.25, 0.3) is 10.9 Å². The lowest BCUT2D eigenvalue weighted by Gasteiger charge is -2.08. The van der Waals surface area contributed by atoms with Crippen LogP contribution < -0.4 is 10.2 Å². The second-order valence-electron chi connectivity index (χ2n) is 4.88. The largest absolute Gasteiger partial charge is 0.491 e. The van der Waals surface area contributed by atoms with Gasteiger partial charge in [0, 0.05) is 18.0 Å². The summed E-state index contributed by atoms with van der Waals surface area (Å²) < 4.78 is 5.79. The van der Waals surface area contributed by atoms with Crippen molar-refractivity contribution in [3.05, 3.63) is 36.5 Å². The predicted octanol–water partition coefficient (Wildman–Crippen LogP) is 3.07. The molecule has 0 unspecified atom stereocenters. The third-order valence-electron chi connectivity index (χ3n) is 3.28. The van der Waals surface area contributed by atoms with Gasteiger partial charge in [-0.1, -0.05) is 31.0 Å². The molecule has 2 rings (SSSR count). The lowest BCUT2D eigenvalue weighted by molar-refractivity contribution is -0.129. The van der Waals surface area contributed by atoms with Crippen LogP contribution in [-0.2, 0) is 4.79 Å². The van der Waals surface area contributed by atoms with Crippen LogP contribution in [0.1, 0.15) is 32.1 Å². The summed E-state index contributed by atoms with van der Waals surface area (Å²) in [5, 5.41) is 9.44. The summed E-state index contributed by atoms with van der Waals surface area (Å²) in [5.41, 5.74) is 2.52. The van der Waals surface area contributed by atoms with Crippen molar-refractivity contribution in [1.82, 2.24) is 10.5 Å². The van der Waals surface area contributed by atoms with Gasteiger partial charge in [-0.15, -0.1) is 0 Å². The highest BCUT2D eigenvalue weighted by Gasteiger charge is 2.02. The molecule has 0 saturated carbocycles. The Kier molecular flexibility index (Phi) is 5.97. The summed E-state index contributed by atoms with van der Waals surface area (Å²) in [6, 6.07) is 9.84. The summed E-state index contributed by atoms with van der Waals surface area (Å²) in [6.07, 6.45) is 5.79. The van der Waals surface area contributed by atoms with Crippen molar-refractivity contribution in [1.29, 1.82) is 0 Å². The number of hydrogen-bond acceptors (Lipinski definition) is 4. The number of aromatic nitrogens is 1. The van der Waals surface area contributed by atoms with E-state index in [0.29, 0.717) is 13.0 Å². The minimum absolute atomic E-state index is 0.326. The van der Waals surface area contributed by atoms with Gasteiger partial charge in [-0.3, -0.25) is 15.0 Å². The fourth-order valence-corrected chi connectivity index (χ4v) is 2.17. The van der Waals surface area contributed by atoms with Crippen LogP contribution in [0.2, 0.25) is 0 Å². The van der Waals surface area contributed by atoms with Gasteiger partial charge < -0.3 is 4.74 Å². The molecule has 0 spiro atoms. The molecule has 0 fully saturated rings. The standard InChI is InChI=1S/C16H20N2O3/c19-15(18-20)10-3-1-2-4-12-21-14-9-5-7-13-8-6-11-17-16(13)14/h5-9,11,20H,1-4,10,12H2,(H,18,19). The Morgan fingerprint density at radius 2 is 1.95 bits per heavy atom. The van der Waals surface area contributed by atoms with Crippen LogP contribution in [0.5, 0.6) is 5.75 Å². The molecule has 1 amide bonds. The van der Waals surface area contributed by atoms with Gasteiger partial charge >= 0.3 is 0 Å². The number of unbranched alkanes of at least 4 members (excludes halogenated alkanes) is 3. The Balaban J connectivity index is 1.70. The van der Waals surface area contributed by atoms with E-state index in [1.54, 1.807) is 11.7 Å². The van der Waals surface area contributed by atoms with Crippen molar-refractivity contribution >= 4 is 16.8 Å². The SMILES string of the molecule is O=C(CCCCCCOc1cccc2cccnc12)NO. The first kappa shape index (κ1) is 15.3. The number of nitrogens with zero attached hydrogens (tertiary/aromatic N) is 1. The van der Waals surface area contributed by atoms with Gasteiger partial charge in [-0.05, 0) is 25.0 Å². The number of hydroxylamine groups is 1. The topological polar surface area (TPSA) is 71.5 Å². The maximum atomic E-state index is 10.8. The smallest absolute Gasteiger partial charge is 0.243 e. The van der Waals surface area contributed by atoms with Gasteiger partial charge in [0.2, 0.25) is 5.91 Å². The Labute approximate surface area is 123 Å². The van der Waals surface area contributed by atoms with E-state index < -0.39 is 0 Å². The summed E-state index contributed by atoms with van der Waals surface area (Å²) in [6.45, 7) is 0.641. The van der Waals surface area contributed by atoms with Crippen molar-refractivity contribution in [2.75, 3.05) is 6.61 Å². The third kappa shape index (κ3) is 4.72. The van der Waals surface area contributed by atoms with E-state index in [1.807, 2.05) is 30.3 Å². The Morgan fingerprint density at radius 3 is 2.81 bits per heavy atom. The second kappa shape index (κ2) is 8.21. The molecule has 0 aliphatic heterocycles. The lowest BCUT2D eigenvalue weighted by Crippen LogP contribution is -2.17. The molecular weight excluding hydrogens is 268 g/mol. The van der Waals surface area contributed by atoms with E-state index >= 15 is 0 Å². The number of carbonyl (C=O) groups excluding carboxylic acids is 1. The molecule has 5 heteroatoms. The molecule has 1 aromatic carbocycles. The van der Waals surface area contributed by atoms with Crippen molar-refractivity contribution in [3.8, 4) is 5.75 Å². The van der Waals surface area contributed by atoms with Crippen LogP contribution in [-0.4, -0.2) is 22.7 Å². The van der Waals surface area contributed by atoms with Crippen molar-refractivity contribution in [3.63, 3.8) is 0 Å². The maximum absolute atomic E-state index is 10.8. The van der Waals surface area contributed by atoms with E-state index in [-0.39, 0.29) is 5.91 Å². The lowest BCUT2D eigenvalue weighted by atomic mass is 10.1. The van der Waals surface area contributed by atoms with Gasteiger partial charge in [-0.25, -0.2) is 5.48 Å². The number of hydrogen-bond donors (Lipinski definition) is 2. The van der Waals surface area contributed by atoms with Crippen LogP contribution in [0.3, 0.4) is 0 Å². The molecule has 0 atom stereocenters. The zero-order chi connectivity index (χ0) is 14.9. The third-order valence-corrected chi connectivity index (χ3v) is 3.28. The fraction of sp³-hybridized carbons (Fsp3) is 0.375. The maximum Gasteiger partial charge on any atom is 0.243 e. The van der Waals surface area contributed by atoms with E-state index in [1.165, 1.54) is 0 Å². The molecule has 1 aromatic heterocycles. The number of rotatable bonds is 8. The van der Waals surface area contributed by atoms with E-state index in [0.717, 1.165) is 42.3 Å². The van der Waals surface area contributed by atoms with E-state index in [9.17, 15) is 4.79 Å². The minimum atomic E-state index is -0.326. The van der Waals surface area contributed by atoms with E-state index in [2.05, 4.69) is 4.98 Å². The molecule has 1 heterocycles. The monoisotopic (exact) mass is 288 g/mol. The molecule has 112 valence electrons. The molecule has 0 aliphatic rings. The van der Waals surface area contributed by atoms with Gasteiger partial charge in [-0.2, -0.15) is 0 Å². The zero-order valence-electron chi connectivity index (χ0n) is 11.9. The highest BCUT2D eigenvalue weighted by Crippen LogP contribution is 2.23. The first-order valence-electron chi connectivity index (χ1n) is 7.21. The van der Waals surface area contributed by atoms with E-state index in [4.69, 9.17) is 9.94 Å². The van der Waals surface area contributed by atoms with Gasteiger partial charge in [0.05, 0.1) is 6.61 Å². The molecule has 2 aromatic rings. The molecule has 5 nitrogen and oxygen atoms in total. The number of fused-ring (bicyclic) bond motifs is 1. The van der Waals surface area contributed by atoms with Gasteiger partial charge in [0.1, 0.15) is 11.3 Å². The van der Waals surface area contributed by atoms with Crippen LogP contribution in [0.15, 0.2) is 36.5 Å². The molecule has 2 N–H and O–H groups in total. The zero-order valence-corrected chi connectivity index (χ0v) is 11.9. The Bertz CT molecular complexity index is 581. The van der Waals surface area contributed by atoms with Crippen LogP contribution in [0.4, 0.5) is 0 Å². The minimum Gasteiger partial charge on any atom is -0.491 e. The van der Waals surface area contributed by atoms with Gasteiger partial charge in [0.25, 0.3) is 0 Å². The highest BCUT2D eigenvalue weighted by molar-refractivity contribution is 5.84. The first-order chi connectivity index (χ1) is 10.3. The number of nitrogens with one attached hydrogen (secondary N) is 1. The number of amides is 1. The first-order valence-corrected chi connectivity index (χ1v) is 7.21. The quantitative estimate of drug-likeness (QED) is 0.445. The number of pyridine rings is 1. The molecule has 21 heavy (non-hydrogen) atoms. The van der Waals surface area contributed by atoms with Crippen LogP contribution >= 0.6 is 0 Å². The van der Waals surface area contributed by atoms with Crippen LogP contribution in [0, 0.1) is 0 Å². The highest BCUT2D eigenvalue weighted by atomic mass is 16.5. The normalized spacial score (nSPS) is 10.5. The fourth-order valence-electron chi connectivity index (χ4n) is 2.17. The second-order valence-corrected chi connectivity index (χ2v) is 4.88. The molecular formula is C16H20N2O3. The predicted molar refractivity (Wildman–Crippen MR) is 80.3 cm³/mol. The number of para-hydroxylation sites is 1. The summed E-state index contributed by atoms with van der Waals surface area (Å²) in [7, 11) is 0. The summed E-state index contributed by atoms with van der Waals surface area (Å²) in [4.78, 5) is 15.2. The number of carbonyl (C=O) groups is 1. The summed E-state index contributed by atoms with van der Waals surface area (Å²) in [5.74, 6) is 0.487. The summed E-state index contributed by atoms with van der Waals surface area (Å²) >= 11 is 0. The Morgan fingerprint density at radius 1 is 1.14 bits per heavy atom. The van der Waals surface area contributed by atoms with Crippen molar-refractivity contribution < 1.29 is 14.7 Å². The molecule has 0 bridgehead atoms. The molecule has 0 radical (unpaired) electrons. The van der Waals surface area contributed by atoms with Gasteiger partial charge in [0.15, 0.2) is 0 Å². The average molecular weight is 288 g/mol. The average Bonchev–Trinajstić information content (AvgIpc) is 2.53. The van der Waals surface area contributed by atoms with Crippen molar-refractivity contribution in [2.24, 2.45) is 0 Å². The molecule has 0 aliphatic carbocycles. The Hall–Kier alpha value is -2.14. The number of benzene rings is 1. The molecule has 0 saturated heterocycles. The number of ether oxygens (including phenoxy) is 1. The van der Waals surface area contributed by atoms with Crippen molar-refractivity contribution in [2.45, 2.75) is 32.1 Å².